The Balaban J connectivity index is 1.47. The van der Waals surface area contributed by atoms with Gasteiger partial charge in [0.1, 0.15) is 11.6 Å². The first-order valence-corrected chi connectivity index (χ1v) is 8.39. The summed E-state index contributed by atoms with van der Waals surface area (Å²) in [5.74, 6) is -0.763. The Bertz CT molecular complexity index is 796. The molecule has 6 nitrogen and oxygen atoms in total. The molecular weight excluding hydrogens is 337 g/mol. The molecule has 0 fully saturated rings. The van der Waals surface area contributed by atoms with Gasteiger partial charge < -0.3 is 20.7 Å². The van der Waals surface area contributed by atoms with E-state index in [4.69, 9.17) is 4.74 Å². The van der Waals surface area contributed by atoms with Crippen molar-refractivity contribution in [2.45, 2.75) is 13.0 Å². The van der Waals surface area contributed by atoms with Crippen molar-refractivity contribution >= 4 is 17.5 Å². The van der Waals surface area contributed by atoms with Crippen molar-refractivity contribution in [1.29, 1.82) is 0 Å². The number of para-hydroxylation sites is 1. The molecular formula is C19H20FN3O3. The Morgan fingerprint density at radius 3 is 2.73 bits per heavy atom. The highest BCUT2D eigenvalue weighted by atomic mass is 19.1. The van der Waals surface area contributed by atoms with E-state index in [0.29, 0.717) is 30.8 Å². The van der Waals surface area contributed by atoms with Gasteiger partial charge in [-0.2, -0.15) is 0 Å². The summed E-state index contributed by atoms with van der Waals surface area (Å²) < 4.78 is 19.8. The SMILES string of the molecule is O=C(COc1ccccc1)NCC(=O)Nc1ccc2c(c1F)CCNC2. The third-order valence-electron chi connectivity index (χ3n) is 4.04. The molecule has 0 radical (unpaired) electrons. The highest BCUT2D eigenvalue weighted by molar-refractivity contribution is 5.94. The van der Waals surface area contributed by atoms with Crippen LogP contribution in [0.5, 0.6) is 5.75 Å². The first-order valence-electron chi connectivity index (χ1n) is 8.39. The third-order valence-corrected chi connectivity index (χ3v) is 4.04. The molecule has 1 aliphatic rings. The number of carbonyl (C=O) groups is 2. The van der Waals surface area contributed by atoms with Crippen LogP contribution in [0.15, 0.2) is 42.5 Å². The summed E-state index contributed by atoms with van der Waals surface area (Å²) in [4.78, 5) is 23.7. The number of carbonyl (C=O) groups excluding carboxylic acids is 2. The van der Waals surface area contributed by atoms with Gasteiger partial charge in [-0.1, -0.05) is 24.3 Å². The summed E-state index contributed by atoms with van der Waals surface area (Å²) in [6.07, 6.45) is 0.582. The molecule has 3 N–H and O–H groups in total. The zero-order valence-corrected chi connectivity index (χ0v) is 14.2. The maximum absolute atomic E-state index is 14.5. The van der Waals surface area contributed by atoms with E-state index in [-0.39, 0.29) is 18.8 Å². The molecule has 2 aromatic rings. The molecule has 0 spiro atoms. The van der Waals surface area contributed by atoms with Crippen LogP contribution in [0.4, 0.5) is 10.1 Å². The average molecular weight is 357 g/mol. The van der Waals surface area contributed by atoms with Gasteiger partial charge in [0.05, 0.1) is 12.2 Å². The summed E-state index contributed by atoms with van der Waals surface area (Å²) >= 11 is 0. The number of ether oxygens (including phenoxy) is 1. The fourth-order valence-electron chi connectivity index (χ4n) is 2.72. The van der Waals surface area contributed by atoms with Crippen LogP contribution in [-0.2, 0) is 22.6 Å². The highest BCUT2D eigenvalue weighted by Gasteiger charge is 2.17. The van der Waals surface area contributed by atoms with Crippen molar-refractivity contribution in [2.75, 3.05) is 25.0 Å². The van der Waals surface area contributed by atoms with Crippen molar-refractivity contribution in [3.63, 3.8) is 0 Å². The number of hydrogen-bond acceptors (Lipinski definition) is 4. The first-order chi connectivity index (χ1) is 12.6. The fraction of sp³-hybridized carbons (Fsp3) is 0.263. The Labute approximate surface area is 150 Å². The minimum atomic E-state index is -0.495. The number of benzene rings is 2. The molecule has 0 aliphatic carbocycles. The lowest BCUT2D eigenvalue weighted by atomic mass is 9.99. The van der Waals surface area contributed by atoms with Gasteiger partial charge in [0.2, 0.25) is 5.91 Å². The monoisotopic (exact) mass is 357 g/mol. The maximum Gasteiger partial charge on any atom is 0.258 e. The molecule has 2 aromatic carbocycles. The second-order valence-corrected chi connectivity index (χ2v) is 5.92. The minimum absolute atomic E-state index is 0.130. The van der Waals surface area contributed by atoms with Crippen LogP contribution in [0.25, 0.3) is 0 Å². The molecule has 3 rings (SSSR count). The fourth-order valence-corrected chi connectivity index (χ4v) is 2.72. The van der Waals surface area contributed by atoms with Crippen molar-refractivity contribution in [2.24, 2.45) is 0 Å². The summed E-state index contributed by atoms with van der Waals surface area (Å²) in [6.45, 7) is 0.878. The number of anilines is 1. The van der Waals surface area contributed by atoms with Crippen LogP contribution in [-0.4, -0.2) is 31.5 Å². The van der Waals surface area contributed by atoms with E-state index in [0.717, 1.165) is 5.56 Å². The Hall–Kier alpha value is -2.93. The van der Waals surface area contributed by atoms with E-state index in [2.05, 4.69) is 16.0 Å². The number of nitrogens with one attached hydrogen (secondary N) is 3. The third kappa shape index (κ3) is 4.58. The largest absolute Gasteiger partial charge is 0.484 e. The van der Waals surface area contributed by atoms with E-state index in [1.807, 2.05) is 6.07 Å². The van der Waals surface area contributed by atoms with Crippen LogP contribution in [0.2, 0.25) is 0 Å². The van der Waals surface area contributed by atoms with Crippen molar-refractivity contribution in [1.82, 2.24) is 10.6 Å². The summed E-state index contributed by atoms with van der Waals surface area (Å²) in [6, 6.07) is 12.2. The quantitative estimate of drug-likeness (QED) is 0.734. The van der Waals surface area contributed by atoms with Gasteiger partial charge in [-0.15, -0.1) is 0 Å². The van der Waals surface area contributed by atoms with Crippen molar-refractivity contribution in [3.05, 3.63) is 59.4 Å². The molecule has 0 atom stereocenters. The molecule has 0 aromatic heterocycles. The highest BCUT2D eigenvalue weighted by Crippen LogP contribution is 2.24. The van der Waals surface area contributed by atoms with Gasteiger partial charge in [-0.25, -0.2) is 4.39 Å². The second-order valence-electron chi connectivity index (χ2n) is 5.92. The first kappa shape index (κ1) is 17.9. The zero-order valence-electron chi connectivity index (χ0n) is 14.2. The molecule has 1 heterocycles. The second kappa shape index (κ2) is 8.44. The lowest BCUT2D eigenvalue weighted by Gasteiger charge is -2.19. The molecule has 7 heteroatoms. The summed E-state index contributed by atoms with van der Waals surface area (Å²) in [5.41, 5.74) is 1.66. The lowest BCUT2D eigenvalue weighted by Crippen LogP contribution is -2.36. The molecule has 0 bridgehead atoms. The number of fused-ring (bicyclic) bond motifs is 1. The van der Waals surface area contributed by atoms with Crippen molar-refractivity contribution in [3.8, 4) is 5.75 Å². The van der Waals surface area contributed by atoms with Crippen LogP contribution in [0, 0.1) is 5.82 Å². The van der Waals surface area contributed by atoms with Gasteiger partial charge in [0, 0.05) is 6.54 Å². The summed E-state index contributed by atoms with van der Waals surface area (Å²) in [5, 5.41) is 8.12. The molecule has 26 heavy (non-hydrogen) atoms. The Kier molecular flexibility index (Phi) is 5.80. The van der Waals surface area contributed by atoms with Gasteiger partial charge in [0.15, 0.2) is 6.61 Å². The Morgan fingerprint density at radius 2 is 1.92 bits per heavy atom. The van der Waals surface area contributed by atoms with E-state index in [9.17, 15) is 14.0 Å². The lowest BCUT2D eigenvalue weighted by molar-refractivity contribution is -0.125. The molecule has 0 saturated carbocycles. The number of rotatable bonds is 6. The van der Waals surface area contributed by atoms with Gasteiger partial charge in [-0.05, 0) is 42.3 Å². The van der Waals surface area contributed by atoms with Crippen LogP contribution in [0.3, 0.4) is 0 Å². The maximum atomic E-state index is 14.5. The predicted molar refractivity (Wildman–Crippen MR) is 95.4 cm³/mol. The van der Waals surface area contributed by atoms with Gasteiger partial charge >= 0.3 is 0 Å². The normalized spacial score (nSPS) is 12.8. The molecule has 0 unspecified atom stereocenters. The van der Waals surface area contributed by atoms with Crippen LogP contribution < -0.4 is 20.7 Å². The van der Waals surface area contributed by atoms with E-state index in [1.54, 1.807) is 36.4 Å². The standard InChI is InChI=1S/C19H20FN3O3/c20-19-15-8-9-21-10-13(15)6-7-16(19)23-17(24)11-22-18(25)12-26-14-4-2-1-3-5-14/h1-7,21H,8-12H2,(H,22,25)(H,23,24). The van der Waals surface area contributed by atoms with Crippen molar-refractivity contribution < 1.29 is 18.7 Å². The minimum Gasteiger partial charge on any atom is -0.484 e. The smallest absolute Gasteiger partial charge is 0.258 e. The van der Waals surface area contributed by atoms with Gasteiger partial charge in [0.25, 0.3) is 5.91 Å². The van der Waals surface area contributed by atoms with E-state index in [1.165, 1.54) is 0 Å². The van der Waals surface area contributed by atoms with Crippen LogP contribution in [0.1, 0.15) is 11.1 Å². The Morgan fingerprint density at radius 1 is 1.12 bits per heavy atom. The zero-order chi connectivity index (χ0) is 18.4. The predicted octanol–water partition coefficient (Wildman–Crippen LogP) is 1.61. The van der Waals surface area contributed by atoms with E-state index >= 15 is 0 Å². The molecule has 0 saturated heterocycles. The summed E-state index contributed by atoms with van der Waals surface area (Å²) in [7, 11) is 0. The molecule has 2 amide bonds. The molecule has 1 aliphatic heterocycles. The average Bonchev–Trinajstić information content (AvgIpc) is 2.68. The number of amides is 2. The van der Waals surface area contributed by atoms with Gasteiger partial charge in [-0.3, -0.25) is 9.59 Å². The van der Waals surface area contributed by atoms with Crippen LogP contribution >= 0.6 is 0 Å². The number of halogens is 1. The topological polar surface area (TPSA) is 79.5 Å². The van der Waals surface area contributed by atoms with E-state index < -0.39 is 17.6 Å². The molecule has 136 valence electrons. The number of hydrogen-bond donors (Lipinski definition) is 3.